The van der Waals surface area contributed by atoms with Gasteiger partial charge in [-0.1, -0.05) is 24.3 Å². The second-order valence-corrected chi connectivity index (χ2v) is 4.03. The molecule has 16 heavy (non-hydrogen) atoms. The highest BCUT2D eigenvalue weighted by Gasteiger charge is 2.21. The van der Waals surface area contributed by atoms with E-state index < -0.39 is 0 Å². The largest absolute Gasteiger partial charge is 0.508 e. The van der Waals surface area contributed by atoms with Crippen LogP contribution in [0.1, 0.15) is 11.6 Å². The summed E-state index contributed by atoms with van der Waals surface area (Å²) >= 11 is 0. The van der Waals surface area contributed by atoms with E-state index in [1.807, 2.05) is 24.3 Å². The number of hydrogen-bond acceptors (Lipinski definition) is 3. The molecule has 1 aliphatic heterocycles. The summed E-state index contributed by atoms with van der Waals surface area (Å²) in [6, 6.07) is 7.60. The molecule has 0 saturated carbocycles. The predicted octanol–water partition coefficient (Wildman–Crippen LogP) is 1.52. The van der Waals surface area contributed by atoms with Crippen LogP contribution in [0.2, 0.25) is 0 Å². The van der Waals surface area contributed by atoms with Crippen molar-refractivity contribution in [1.29, 1.82) is 0 Å². The zero-order valence-corrected chi connectivity index (χ0v) is 9.39. The first kappa shape index (κ1) is 11.2. The molecule has 1 fully saturated rings. The van der Waals surface area contributed by atoms with Gasteiger partial charge in [-0.3, -0.25) is 4.90 Å². The van der Waals surface area contributed by atoms with Crippen LogP contribution < -0.4 is 5.32 Å². The van der Waals surface area contributed by atoms with Crippen molar-refractivity contribution in [1.82, 2.24) is 10.2 Å². The van der Waals surface area contributed by atoms with Gasteiger partial charge in [-0.25, -0.2) is 0 Å². The molecule has 1 atom stereocenters. The number of hydrogen-bond donors (Lipinski definition) is 2. The van der Waals surface area contributed by atoms with E-state index in [2.05, 4.69) is 16.8 Å². The monoisotopic (exact) mass is 218 g/mol. The Hall–Kier alpha value is -1.32. The molecule has 1 saturated heterocycles. The van der Waals surface area contributed by atoms with Gasteiger partial charge in [-0.15, -0.1) is 6.58 Å². The molecule has 1 aliphatic rings. The molecular formula is C13H18N2O. The van der Waals surface area contributed by atoms with Crippen LogP contribution in [-0.4, -0.2) is 36.2 Å². The maximum Gasteiger partial charge on any atom is 0.120 e. The number of rotatable bonds is 3. The van der Waals surface area contributed by atoms with E-state index in [9.17, 15) is 5.11 Å². The summed E-state index contributed by atoms with van der Waals surface area (Å²) < 4.78 is 0. The van der Waals surface area contributed by atoms with Gasteiger partial charge in [0.2, 0.25) is 0 Å². The van der Waals surface area contributed by atoms with Gasteiger partial charge in [0.15, 0.2) is 0 Å². The van der Waals surface area contributed by atoms with Crippen LogP contribution >= 0.6 is 0 Å². The van der Waals surface area contributed by atoms with Crippen LogP contribution in [0.15, 0.2) is 36.9 Å². The molecular weight excluding hydrogens is 200 g/mol. The Bertz CT molecular complexity index is 359. The van der Waals surface area contributed by atoms with Gasteiger partial charge in [0.05, 0.1) is 6.04 Å². The molecule has 1 heterocycles. The average Bonchev–Trinajstić information content (AvgIpc) is 2.34. The van der Waals surface area contributed by atoms with Crippen molar-refractivity contribution in [2.24, 2.45) is 0 Å². The van der Waals surface area contributed by atoms with Gasteiger partial charge in [-0.2, -0.15) is 0 Å². The van der Waals surface area contributed by atoms with Gasteiger partial charge in [0.1, 0.15) is 5.75 Å². The van der Waals surface area contributed by atoms with Crippen LogP contribution in [0.25, 0.3) is 0 Å². The maximum atomic E-state index is 9.85. The zero-order chi connectivity index (χ0) is 11.4. The summed E-state index contributed by atoms with van der Waals surface area (Å²) in [6.07, 6.45) is 1.90. The lowest BCUT2D eigenvalue weighted by Crippen LogP contribution is -2.44. The minimum atomic E-state index is 0.114. The molecule has 3 nitrogen and oxygen atoms in total. The molecule has 0 aliphatic carbocycles. The molecule has 2 N–H and O–H groups in total. The van der Waals surface area contributed by atoms with E-state index in [4.69, 9.17) is 0 Å². The quantitative estimate of drug-likeness (QED) is 0.755. The topological polar surface area (TPSA) is 35.5 Å². The van der Waals surface area contributed by atoms with E-state index in [-0.39, 0.29) is 6.04 Å². The Morgan fingerprint density at radius 1 is 1.31 bits per heavy atom. The molecule has 3 heteroatoms. The van der Waals surface area contributed by atoms with Crippen LogP contribution in [0.5, 0.6) is 5.75 Å². The molecule has 0 bridgehead atoms. The minimum absolute atomic E-state index is 0.114. The fourth-order valence-electron chi connectivity index (χ4n) is 2.17. The minimum Gasteiger partial charge on any atom is -0.508 e. The number of phenolic OH excluding ortho intramolecular Hbond substituents is 1. The summed E-state index contributed by atoms with van der Waals surface area (Å²) in [4.78, 5) is 2.33. The Labute approximate surface area is 96.4 Å². The lowest BCUT2D eigenvalue weighted by Gasteiger charge is -2.33. The summed E-state index contributed by atoms with van der Waals surface area (Å²) in [7, 11) is 0. The summed E-state index contributed by atoms with van der Waals surface area (Å²) in [6.45, 7) is 7.86. The molecule has 1 aromatic rings. The van der Waals surface area contributed by atoms with Gasteiger partial charge >= 0.3 is 0 Å². The van der Waals surface area contributed by atoms with E-state index in [1.165, 1.54) is 0 Å². The first-order chi connectivity index (χ1) is 7.83. The van der Waals surface area contributed by atoms with E-state index in [0.29, 0.717) is 5.75 Å². The highest BCUT2D eigenvalue weighted by Crippen LogP contribution is 2.29. The summed E-state index contributed by atoms with van der Waals surface area (Å²) in [5, 5.41) is 13.2. The van der Waals surface area contributed by atoms with Gasteiger partial charge in [-0.05, 0) is 6.07 Å². The van der Waals surface area contributed by atoms with Gasteiger partial charge in [0.25, 0.3) is 0 Å². The Kier molecular flexibility index (Phi) is 3.59. The van der Waals surface area contributed by atoms with Crippen molar-refractivity contribution in [3.63, 3.8) is 0 Å². The molecule has 86 valence electrons. The highest BCUT2D eigenvalue weighted by molar-refractivity contribution is 5.36. The average molecular weight is 218 g/mol. The molecule has 0 unspecified atom stereocenters. The molecule has 0 radical (unpaired) electrons. The van der Waals surface area contributed by atoms with Crippen molar-refractivity contribution in [2.75, 3.05) is 26.2 Å². The van der Waals surface area contributed by atoms with Crippen LogP contribution in [0.4, 0.5) is 0 Å². The van der Waals surface area contributed by atoms with Gasteiger partial charge in [0, 0.05) is 31.7 Å². The third-order valence-corrected chi connectivity index (χ3v) is 3.02. The molecule has 0 spiro atoms. The van der Waals surface area contributed by atoms with Crippen LogP contribution in [0.3, 0.4) is 0 Å². The second-order valence-electron chi connectivity index (χ2n) is 4.03. The lowest BCUT2D eigenvalue weighted by atomic mass is 10.0. The number of piperazine rings is 1. The fourth-order valence-corrected chi connectivity index (χ4v) is 2.17. The lowest BCUT2D eigenvalue weighted by molar-refractivity contribution is 0.201. The molecule has 2 rings (SSSR count). The summed E-state index contributed by atoms with van der Waals surface area (Å²) in [5.74, 6) is 0.353. The first-order valence-corrected chi connectivity index (χ1v) is 5.68. The van der Waals surface area contributed by atoms with Crippen molar-refractivity contribution in [3.8, 4) is 5.75 Å². The number of phenols is 1. The smallest absolute Gasteiger partial charge is 0.120 e. The standard InChI is InChI=1S/C13H18N2O/c1-2-12(15-9-7-14-8-10-15)11-5-3-4-6-13(11)16/h2-6,12,14,16H,1,7-10H2/t12-/m1/s1. The second kappa shape index (κ2) is 5.14. The normalized spacial score (nSPS) is 19.2. The fraction of sp³-hybridized carbons (Fsp3) is 0.385. The number of benzene rings is 1. The van der Waals surface area contributed by atoms with E-state index >= 15 is 0 Å². The van der Waals surface area contributed by atoms with Crippen molar-refractivity contribution < 1.29 is 5.11 Å². The number of nitrogens with zero attached hydrogens (tertiary/aromatic N) is 1. The first-order valence-electron chi connectivity index (χ1n) is 5.68. The third-order valence-electron chi connectivity index (χ3n) is 3.02. The van der Waals surface area contributed by atoms with Crippen molar-refractivity contribution >= 4 is 0 Å². The van der Waals surface area contributed by atoms with Crippen LogP contribution in [0, 0.1) is 0 Å². The number of aromatic hydroxyl groups is 1. The molecule has 0 aromatic heterocycles. The van der Waals surface area contributed by atoms with Crippen molar-refractivity contribution in [3.05, 3.63) is 42.5 Å². The Morgan fingerprint density at radius 3 is 2.62 bits per heavy atom. The predicted molar refractivity (Wildman–Crippen MR) is 65.5 cm³/mol. The van der Waals surface area contributed by atoms with E-state index in [1.54, 1.807) is 6.07 Å². The van der Waals surface area contributed by atoms with Gasteiger partial charge < -0.3 is 10.4 Å². The maximum absolute atomic E-state index is 9.85. The van der Waals surface area contributed by atoms with E-state index in [0.717, 1.165) is 31.7 Å². The third kappa shape index (κ3) is 2.26. The SMILES string of the molecule is C=C[C@H](c1ccccc1O)N1CCNCC1. The molecule has 0 amide bonds. The Balaban J connectivity index is 2.21. The van der Waals surface area contributed by atoms with Crippen molar-refractivity contribution in [2.45, 2.75) is 6.04 Å². The number of nitrogens with one attached hydrogen (secondary N) is 1. The molecule has 1 aromatic carbocycles. The highest BCUT2D eigenvalue weighted by atomic mass is 16.3. The number of para-hydroxylation sites is 1. The Morgan fingerprint density at radius 2 is 2.00 bits per heavy atom. The summed E-state index contributed by atoms with van der Waals surface area (Å²) in [5.41, 5.74) is 0.944. The van der Waals surface area contributed by atoms with Crippen LogP contribution in [-0.2, 0) is 0 Å². The zero-order valence-electron chi connectivity index (χ0n) is 9.39.